The number of hydrogen-bond acceptors (Lipinski definition) is 4. The van der Waals surface area contributed by atoms with Crippen molar-refractivity contribution < 1.29 is 19.1 Å². The van der Waals surface area contributed by atoms with E-state index < -0.39 is 0 Å². The number of likely N-dealkylation sites (tertiary alicyclic amines) is 1. The maximum Gasteiger partial charge on any atom is 0.222 e. The van der Waals surface area contributed by atoms with E-state index in [0.29, 0.717) is 31.4 Å². The first-order valence-electron chi connectivity index (χ1n) is 11.5. The molecule has 1 unspecified atom stereocenters. The molecule has 6 heteroatoms. The van der Waals surface area contributed by atoms with Crippen LogP contribution < -0.4 is 5.32 Å². The molecule has 1 atom stereocenters. The molecule has 1 heterocycles. The fraction of sp³-hybridized carbons (Fsp3) is 0.913. The van der Waals surface area contributed by atoms with Crippen LogP contribution in [0.5, 0.6) is 0 Å². The average Bonchev–Trinajstić information content (AvgIpc) is 3.18. The Balaban J connectivity index is -0.000000406. The van der Waals surface area contributed by atoms with Crippen molar-refractivity contribution in [2.75, 3.05) is 39.5 Å². The van der Waals surface area contributed by atoms with E-state index in [2.05, 4.69) is 33.0 Å². The first kappa shape index (κ1) is 32.5. The highest BCUT2D eigenvalue weighted by atomic mass is 16.5. The summed E-state index contributed by atoms with van der Waals surface area (Å²) in [7, 11) is 0. The van der Waals surface area contributed by atoms with Crippen molar-refractivity contribution in [2.24, 2.45) is 11.8 Å². The molecule has 29 heavy (non-hydrogen) atoms. The zero-order valence-electron chi connectivity index (χ0n) is 21.0. The zero-order chi connectivity index (χ0) is 23.2. The van der Waals surface area contributed by atoms with E-state index in [1.165, 1.54) is 6.92 Å². The normalized spacial score (nSPS) is 14.9. The molecule has 0 radical (unpaired) electrons. The Labute approximate surface area is 181 Å². The molecule has 6 nitrogen and oxygen atoms in total. The van der Waals surface area contributed by atoms with Crippen LogP contribution in [-0.4, -0.2) is 62.3 Å². The van der Waals surface area contributed by atoms with Gasteiger partial charge < -0.3 is 19.7 Å². The first-order valence-corrected chi connectivity index (χ1v) is 11.5. The van der Waals surface area contributed by atoms with E-state index in [-0.39, 0.29) is 17.9 Å². The Morgan fingerprint density at radius 2 is 1.59 bits per heavy atom. The second-order valence-electron chi connectivity index (χ2n) is 7.28. The third-order valence-corrected chi connectivity index (χ3v) is 3.54. The van der Waals surface area contributed by atoms with Crippen molar-refractivity contribution in [3.63, 3.8) is 0 Å². The van der Waals surface area contributed by atoms with Gasteiger partial charge in [0.25, 0.3) is 0 Å². The molecule has 1 aliphatic heterocycles. The summed E-state index contributed by atoms with van der Waals surface area (Å²) in [6.45, 7) is 24.3. The monoisotopic (exact) mass is 418 g/mol. The number of ether oxygens (including phenoxy) is 2. The highest BCUT2D eigenvalue weighted by Crippen LogP contribution is 2.14. The smallest absolute Gasteiger partial charge is 0.222 e. The topological polar surface area (TPSA) is 67.9 Å². The van der Waals surface area contributed by atoms with Crippen LogP contribution in [0.4, 0.5) is 0 Å². The predicted molar refractivity (Wildman–Crippen MR) is 123 cm³/mol. The van der Waals surface area contributed by atoms with Crippen LogP contribution in [0.3, 0.4) is 0 Å². The maximum atomic E-state index is 11.4. The number of rotatable bonds is 9. The van der Waals surface area contributed by atoms with Crippen LogP contribution >= 0.6 is 0 Å². The quantitative estimate of drug-likeness (QED) is 0.559. The lowest BCUT2D eigenvalue weighted by Crippen LogP contribution is -2.29. The van der Waals surface area contributed by atoms with Gasteiger partial charge in [0, 0.05) is 46.2 Å². The summed E-state index contributed by atoms with van der Waals surface area (Å²) in [6.07, 6.45) is 1.88. The van der Waals surface area contributed by atoms with Crippen LogP contribution in [0.15, 0.2) is 0 Å². The first-order chi connectivity index (χ1) is 13.8. The van der Waals surface area contributed by atoms with Crippen LogP contribution in [0.25, 0.3) is 0 Å². The van der Waals surface area contributed by atoms with E-state index in [0.717, 1.165) is 32.7 Å². The number of hydrogen-bond donors (Lipinski definition) is 1. The SMILES string of the molecule is CC.CC.CC(=O)NCCOCC(C)C.CCC(=O)N1CCC(OCC(C)C)C1. The zero-order valence-corrected chi connectivity index (χ0v) is 21.0. The second-order valence-corrected chi connectivity index (χ2v) is 7.28. The predicted octanol–water partition coefficient (Wildman–Crippen LogP) is 4.52. The van der Waals surface area contributed by atoms with Crippen molar-refractivity contribution >= 4 is 11.8 Å². The third kappa shape index (κ3) is 23.0. The molecule has 0 spiro atoms. The van der Waals surface area contributed by atoms with Crippen LogP contribution in [0.2, 0.25) is 0 Å². The van der Waals surface area contributed by atoms with Gasteiger partial charge in [0.1, 0.15) is 0 Å². The Morgan fingerprint density at radius 3 is 2.03 bits per heavy atom. The van der Waals surface area contributed by atoms with E-state index in [1.807, 2.05) is 39.5 Å². The number of carbonyl (C=O) groups is 2. The average molecular weight is 419 g/mol. The third-order valence-electron chi connectivity index (χ3n) is 3.54. The van der Waals surface area contributed by atoms with Gasteiger partial charge in [-0.25, -0.2) is 0 Å². The van der Waals surface area contributed by atoms with E-state index in [1.54, 1.807) is 0 Å². The Kier molecular flexibility index (Phi) is 26.0. The summed E-state index contributed by atoms with van der Waals surface area (Å²) in [5, 5.41) is 2.66. The number of carbonyl (C=O) groups excluding carboxylic acids is 2. The fourth-order valence-electron chi connectivity index (χ4n) is 2.26. The van der Waals surface area contributed by atoms with Gasteiger partial charge in [0.2, 0.25) is 11.8 Å². The fourth-order valence-corrected chi connectivity index (χ4v) is 2.26. The molecule has 0 aromatic heterocycles. The van der Waals surface area contributed by atoms with Gasteiger partial charge >= 0.3 is 0 Å². The van der Waals surface area contributed by atoms with Crippen LogP contribution in [-0.2, 0) is 19.1 Å². The van der Waals surface area contributed by atoms with Gasteiger partial charge in [-0.15, -0.1) is 0 Å². The summed E-state index contributed by atoms with van der Waals surface area (Å²) in [5.41, 5.74) is 0. The largest absolute Gasteiger partial charge is 0.379 e. The molecule has 1 saturated heterocycles. The highest BCUT2D eigenvalue weighted by Gasteiger charge is 2.25. The van der Waals surface area contributed by atoms with Gasteiger partial charge in [-0.2, -0.15) is 0 Å². The van der Waals surface area contributed by atoms with E-state index in [4.69, 9.17) is 9.47 Å². The van der Waals surface area contributed by atoms with Crippen LogP contribution in [0, 0.1) is 11.8 Å². The Hall–Kier alpha value is -1.14. The summed E-state index contributed by atoms with van der Waals surface area (Å²) in [4.78, 5) is 23.6. The number of nitrogens with zero attached hydrogens (tertiary/aromatic N) is 1. The van der Waals surface area contributed by atoms with Crippen molar-refractivity contribution in [3.8, 4) is 0 Å². The second kappa shape index (κ2) is 23.1. The van der Waals surface area contributed by atoms with E-state index >= 15 is 0 Å². The van der Waals surface area contributed by atoms with Gasteiger partial charge in [0.05, 0.1) is 12.7 Å². The molecule has 0 aromatic rings. The molecule has 0 aromatic carbocycles. The molecule has 0 bridgehead atoms. The molecular weight excluding hydrogens is 368 g/mol. The molecule has 176 valence electrons. The molecule has 1 aliphatic rings. The Bertz CT molecular complexity index is 374. The van der Waals surface area contributed by atoms with Gasteiger partial charge in [0.15, 0.2) is 0 Å². The molecular formula is C23H50N2O4. The van der Waals surface area contributed by atoms with Gasteiger partial charge in [-0.3, -0.25) is 9.59 Å². The van der Waals surface area contributed by atoms with Crippen LogP contribution in [0.1, 0.15) is 82.1 Å². The van der Waals surface area contributed by atoms with Crippen molar-refractivity contribution in [1.82, 2.24) is 10.2 Å². The molecule has 1 N–H and O–H groups in total. The summed E-state index contributed by atoms with van der Waals surface area (Å²) < 4.78 is 10.9. The maximum absolute atomic E-state index is 11.4. The lowest BCUT2D eigenvalue weighted by Gasteiger charge is -2.16. The summed E-state index contributed by atoms with van der Waals surface area (Å²) in [6, 6.07) is 0. The van der Waals surface area contributed by atoms with Crippen molar-refractivity contribution in [3.05, 3.63) is 0 Å². The number of amides is 2. The van der Waals surface area contributed by atoms with Crippen molar-refractivity contribution in [2.45, 2.75) is 88.2 Å². The summed E-state index contributed by atoms with van der Waals surface area (Å²) in [5.74, 6) is 1.39. The number of nitrogens with one attached hydrogen (secondary N) is 1. The molecule has 0 saturated carbocycles. The highest BCUT2D eigenvalue weighted by molar-refractivity contribution is 5.76. The van der Waals surface area contributed by atoms with Crippen molar-refractivity contribution in [1.29, 1.82) is 0 Å². The molecule has 1 fully saturated rings. The summed E-state index contributed by atoms with van der Waals surface area (Å²) >= 11 is 0. The molecule has 2 amide bonds. The minimum absolute atomic E-state index is 0.00172. The lowest BCUT2D eigenvalue weighted by molar-refractivity contribution is -0.130. The lowest BCUT2D eigenvalue weighted by atomic mass is 10.2. The Morgan fingerprint density at radius 1 is 1.03 bits per heavy atom. The molecule has 1 rings (SSSR count). The minimum atomic E-state index is -0.00172. The van der Waals surface area contributed by atoms with Gasteiger partial charge in [-0.1, -0.05) is 62.3 Å². The standard InChI is InChI=1S/C11H21NO2.C8H17NO2.2C2H6/c1-4-11(13)12-6-5-10(7-12)14-8-9(2)3;1-7(2)6-11-5-4-9-8(3)10;2*1-2/h9-10H,4-8H2,1-3H3;7H,4-6H2,1-3H3,(H,9,10);2*1-2H3. The minimum Gasteiger partial charge on any atom is -0.379 e. The van der Waals surface area contributed by atoms with Gasteiger partial charge in [-0.05, 0) is 18.3 Å². The van der Waals surface area contributed by atoms with E-state index in [9.17, 15) is 9.59 Å². The molecule has 0 aliphatic carbocycles.